The zero-order chi connectivity index (χ0) is 47.9. The summed E-state index contributed by atoms with van der Waals surface area (Å²) in [7, 11) is 0. The van der Waals surface area contributed by atoms with Crippen LogP contribution in [0.3, 0.4) is 0 Å². The second kappa shape index (κ2) is 41.4. The monoisotopic (exact) mass is 871 g/mol. The largest absolute Gasteiger partial charge is 0.300 e. The summed E-state index contributed by atoms with van der Waals surface area (Å²) in [5.74, 6) is 10.3. The number of likely N-dealkylation sites (tertiary alicyclic amines) is 4. The summed E-state index contributed by atoms with van der Waals surface area (Å²) in [6.07, 6.45) is 29.0. The topological polar surface area (TPSA) is 13.0 Å². The summed E-state index contributed by atoms with van der Waals surface area (Å²) < 4.78 is 25.3. The van der Waals surface area contributed by atoms with E-state index < -0.39 is 11.8 Å². The maximum Gasteiger partial charge on any atom is 0.133 e. The molecule has 4 heterocycles. The Hall–Kier alpha value is -2.30. The van der Waals surface area contributed by atoms with E-state index in [2.05, 4.69) is 196 Å². The molecule has 0 bridgehead atoms. The van der Waals surface area contributed by atoms with E-state index in [1.54, 1.807) is 6.92 Å². The van der Waals surface area contributed by atoms with Crippen LogP contribution in [-0.4, -0.2) is 110 Å². The first-order chi connectivity index (χ1) is 29.1. The molecule has 0 aliphatic carbocycles. The minimum Gasteiger partial charge on any atom is -0.300 e. The molecule has 4 nitrogen and oxygen atoms in total. The van der Waals surface area contributed by atoms with Crippen molar-refractivity contribution in [3.8, 4) is 11.8 Å². The van der Waals surface area contributed by atoms with Gasteiger partial charge in [0.1, 0.15) is 11.8 Å². The van der Waals surface area contributed by atoms with E-state index in [4.69, 9.17) is 0 Å². The fourth-order valence-electron chi connectivity index (χ4n) is 5.98. The predicted molar refractivity (Wildman–Crippen MR) is 278 cm³/mol. The Morgan fingerprint density at radius 1 is 0.548 bits per heavy atom. The van der Waals surface area contributed by atoms with Crippen LogP contribution in [0, 0.1) is 53.3 Å². The lowest BCUT2D eigenvalue weighted by Crippen LogP contribution is -2.56. The van der Waals surface area contributed by atoms with Gasteiger partial charge in [0, 0.05) is 58.3 Å². The molecule has 0 N–H and O–H groups in total. The van der Waals surface area contributed by atoms with E-state index >= 15 is 0 Å². The van der Waals surface area contributed by atoms with Crippen LogP contribution >= 0.6 is 0 Å². The molecule has 4 aliphatic heterocycles. The number of hydrogen-bond acceptors (Lipinski definition) is 4. The van der Waals surface area contributed by atoms with Crippen LogP contribution in [0.25, 0.3) is 0 Å². The minimum atomic E-state index is -0.925. The molecule has 4 saturated heterocycles. The zero-order valence-electron chi connectivity index (χ0n) is 44.0. The Morgan fingerprint density at radius 2 is 0.887 bits per heavy atom. The van der Waals surface area contributed by atoms with Crippen molar-refractivity contribution >= 4 is 0 Å². The third-order valence-electron chi connectivity index (χ3n) is 9.44. The molecule has 6 heteroatoms. The Bertz CT molecular complexity index is 1200. The second-order valence-electron chi connectivity index (χ2n) is 19.9. The van der Waals surface area contributed by atoms with Crippen molar-refractivity contribution in [2.75, 3.05) is 78.5 Å². The van der Waals surface area contributed by atoms with Gasteiger partial charge in [-0.25, -0.2) is 8.78 Å². The number of nitrogens with zero attached hydrogens (tertiary/aromatic N) is 4. The van der Waals surface area contributed by atoms with E-state index in [1.807, 2.05) is 19.9 Å². The molecular weight excluding hydrogens is 767 g/mol. The second-order valence-corrected chi connectivity index (χ2v) is 19.9. The standard InChI is InChI=1S/C11H21N.C10H18FN.C9H16FN.C9H17N.C6H12.C6H10.C5H10/c1-11(2)7-6-10-12-8-4-3-5-9-12;1-9(2)5-4-6-12-7-10(3,11)8-12;1-8(2)4-3-5-11-6-9(10)7-11;1-9(2)5-3-6-10-7-4-8-10;2*1-4-5-6(2)3;1-4-5(2)3/h6-7,11H,3-5,8-10H2,1-2H3;4-5,9H,6-8H2,1-3H3;3-4,8-9H,5-7H2,1-2H3;3,5,9H,4,6-8H2,1-2H3;4-6H,1-3H3;6H,1-3H3;4-5H,1H2,2-3H3/b7-6+;5-4+;4-3+;5-3+;5-4+;;. The summed E-state index contributed by atoms with van der Waals surface area (Å²) in [6, 6.07) is 0. The third-order valence-corrected chi connectivity index (χ3v) is 9.44. The molecule has 0 radical (unpaired) electrons. The highest BCUT2D eigenvalue weighted by Crippen LogP contribution is 2.23. The van der Waals surface area contributed by atoms with Gasteiger partial charge in [0.15, 0.2) is 0 Å². The summed E-state index contributed by atoms with van der Waals surface area (Å²) in [5.41, 5.74) is -0.925. The molecule has 0 aromatic heterocycles. The summed E-state index contributed by atoms with van der Waals surface area (Å²) >= 11 is 0. The van der Waals surface area contributed by atoms with Crippen molar-refractivity contribution in [2.24, 2.45) is 41.4 Å². The van der Waals surface area contributed by atoms with Crippen LogP contribution in [0.2, 0.25) is 0 Å². The van der Waals surface area contributed by atoms with E-state index in [0.717, 1.165) is 32.1 Å². The van der Waals surface area contributed by atoms with Gasteiger partial charge in [0.2, 0.25) is 0 Å². The Morgan fingerprint density at radius 3 is 1.10 bits per heavy atom. The molecule has 0 unspecified atom stereocenters. The summed E-state index contributed by atoms with van der Waals surface area (Å²) in [5, 5.41) is 0. The van der Waals surface area contributed by atoms with Gasteiger partial charge in [0.05, 0.1) is 0 Å². The van der Waals surface area contributed by atoms with Gasteiger partial charge in [-0.1, -0.05) is 170 Å². The van der Waals surface area contributed by atoms with Crippen LogP contribution in [-0.2, 0) is 0 Å². The van der Waals surface area contributed by atoms with Crippen molar-refractivity contribution in [2.45, 2.75) is 155 Å². The Kier molecular flexibility index (Phi) is 42.7. The van der Waals surface area contributed by atoms with Gasteiger partial charge in [-0.2, -0.15) is 0 Å². The third kappa shape index (κ3) is 48.7. The first-order valence-electron chi connectivity index (χ1n) is 24.6. The highest BCUT2D eigenvalue weighted by molar-refractivity contribution is 4.98. The van der Waals surface area contributed by atoms with Gasteiger partial charge >= 0.3 is 0 Å². The van der Waals surface area contributed by atoms with Gasteiger partial charge < -0.3 is 0 Å². The number of alkyl halides is 2. The minimum absolute atomic E-state index is 0.537. The fraction of sp³-hybridized carbons (Fsp3) is 0.750. The van der Waals surface area contributed by atoms with Gasteiger partial charge in [-0.15, -0.1) is 18.4 Å². The van der Waals surface area contributed by atoms with Crippen molar-refractivity contribution in [3.05, 3.63) is 73.4 Å². The number of hydrogen-bond donors (Lipinski definition) is 0. The van der Waals surface area contributed by atoms with Gasteiger partial charge in [0.25, 0.3) is 0 Å². The van der Waals surface area contributed by atoms with Crippen molar-refractivity contribution in [3.63, 3.8) is 0 Å². The van der Waals surface area contributed by atoms with Crippen LogP contribution in [0.4, 0.5) is 8.78 Å². The summed E-state index contributed by atoms with van der Waals surface area (Å²) in [4.78, 5) is 9.21. The molecule has 0 saturated carbocycles. The number of allylic oxidation sites excluding steroid dienone is 7. The summed E-state index contributed by atoms with van der Waals surface area (Å²) in [6.45, 7) is 51.1. The van der Waals surface area contributed by atoms with Gasteiger partial charge in [-0.3, -0.25) is 19.6 Å². The van der Waals surface area contributed by atoms with Crippen LogP contribution in [0.15, 0.2) is 73.4 Å². The quantitative estimate of drug-likeness (QED) is 0.127. The van der Waals surface area contributed by atoms with E-state index in [1.165, 1.54) is 51.9 Å². The molecule has 0 aromatic carbocycles. The molecule has 4 rings (SSSR count). The molecule has 4 aliphatic rings. The van der Waals surface area contributed by atoms with Crippen molar-refractivity contribution < 1.29 is 8.78 Å². The number of halogens is 2. The Balaban J connectivity index is -0.000000671. The van der Waals surface area contributed by atoms with E-state index in [-0.39, 0.29) is 0 Å². The fourth-order valence-corrected chi connectivity index (χ4v) is 5.98. The lowest BCUT2D eigenvalue weighted by Gasteiger charge is -2.41. The molecule has 0 atom stereocenters. The highest BCUT2D eigenvalue weighted by atomic mass is 19.1. The normalized spacial score (nSPS) is 18.2. The van der Waals surface area contributed by atoms with Crippen molar-refractivity contribution in [1.29, 1.82) is 0 Å². The lowest BCUT2D eigenvalue weighted by atomic mass is 9.99. The van der Waals surface area contributed by atoms with E-state index in [9.17, 15) is 8.78 Å². The van der Waals surface area contributed by atoms with Crippen molar-refractivity contribution in [1.82, 2.24) is 19.6 Å². The van der Waals surface area contributed by atoms with E-state index in [0.29, 0.717) is 61.7 Å². The zero-order valence-corrected chi connectivity index (χ0v) is 44.0. The first-order valence-corrected chi connectivity index (χ1v) is 24.6. The average molecular weight is 871 g/mol. The maximum atomic E-state index is 13.0. The molecule has 0 amide bonds. The molecule has 0 aromatic rings. The Labute approximate surface area is 387 Å². The molecular formula is C56H104F2N4. The highest BCUT2D eigenvalue weighted by Gasteiger charge is 2.37. The lowest BCUT2D eigenvalue weighted by molar-refractivity contribution is -0.00937. The molecule has 362 valence electrons. The number of piperidine rings is 1. The first kappa shape index (κ1) is 64.0. The molecule has 0 spiro atoms. The molecule has 4 fully saturated rings. The predicted octanol–water partition coefficient (Wildman–Crippen LogP) is 14.4. The van der Waals surface area contributed by atoms with Crippen LogP contribution in [0.1, 0.15) is 143 Å². The SMILES string of the molecule is C/C=C/C(C)C.C=CC(C)C.CC#CC(C)C.CC(C)/C=C/CN1CC(C)(F)C1.CC(C)/C=C/CN1CC(F)C1.CC(C)/C=C/CN1CCC1.CC(C)/C=C/CN1CCCCC1. The number of rotatable bonds is 14. The van der Waals surface area contributed by atoms with Gasteiger partial charge in [-0.05, 0) is 102 Å². The van der Waals surface area contributed by atoms with Crippen LogP contribution < -0.4 is 0 Å². The average Bonchev–Trinajstić information content (AvgIpc) is 3.12. The molecule has 62 heavy (non-hydrogen) atoms. The van der Waals surface area contributed by atoms with Crippen LogP contribution in [0.5, 0.6) is 0 Å². The maximum absolute atomic E-state index is 13.0. The smallest absolute Gasteiger partial charge is 0.133 e.